The summed E-state index contributed by atoms with van der Waals surface area (Å²) in [5.41, 5.74) is 5.28. The second-order valence-electron chi connectivity index (χ2n) is 2.82. The van der Waals surface area contributed by atoms with Gasteiger partial charge in [0.2, 0.25) is 6.41 Å². The minimum absolute atomic E-state index is 0.402. The number of hydrogen-bond acceptors (Lipinski definition) is 3. The molecule has 0 fully saturated rings. The Morgan fingerprint density at radius 2 is 2.31 bits per heavy atom. The lowest BCUT2D eigenvalue weighted by molar-refractivity contribution is -0.138. The Morgan fingerprint density at radius 1 is 1.69 bits per heavy atom. The molecule has 0 heterocycles. The lowest BCUT2D eigenvalue weighted by Gasteiger charge is -2.14. The molecule has 0 aromatic carbocycles. The topological polar surface area (TPSA) is 83.6 Å². The lowest BCUT2D eigenvalue weighted by atomic mass is 10.1. The Labute approximate surface area is 77.5 Å². The molecular weight excluding hydrogens is 172 g/mol. The van der Waals surface area contributed by atoms with Crippen LogP contribution in [-0.4, -0.2) is 41.5 Å². The molecule has 0 aliphatic heterocycles. The summed E-state index contributed by atoms with van der Waals surface area (Å²) in [6, 6.07) is -0.814. The molecule has 0 saturated heterocycles. The first kappa shape index (κ1) is 11.9. The number of amides is 1. The number of rotatable bonds is 7. The maximum Gasteiger partial charge on any atom is 0.320 e. The van der Waals surface area contributed by atoms with Gasteiger partial charge < -0.3 is 15.7 Å². The van der Waals surface area contributed by atoms with E-state index < -0.39 is 12.0 Å². The highest BCUT2D eigenvalue weighted by molar-refractivity contribution is 5.72. The Bertz CT molecular complexity index is 171. The number of carbonyl (C=O) groups is 2. The first-order valence-electron chi connectivity index (χ1n) is 4.29. The van der Waals surface area contributed by atoms with Gasteiger partial charge in [0.05, 0.1) is 0 Å². The van der Waals surface area contributed by atoms with Crippen LogP contribution in [0.15, 0.2) is 0 Å². The number of carboxylic acids is 1. The van der Waals surface area contributed by atoms with Crippen molar-refractivity contribution >= 4 is 12.4 Å². The Hall–Kier alpha value is -1.10. The molecule has 0 aliphatic rings. The van der Waals surface area contributed by atoms with Crippen LogP contribution in [-0.2, 0) is 9.59 Å². The summed E-state index contributed by atoms with van der Waals surface area (Å²) in [5, 5.41) is 8.45. The molecular formula is C8H16N2O3. The molecule has 0 spiro atoms. The average Bonchev–Trinajstić information content (AvgIpc) is 2.12. The van der Waals surface area contributed by atoms with Crippen molar-refractivity contribution in [2.24, 2.45) is 5.73 Å². The van der Waals surface area contributed by atoms with E-state index in [1.807, 2.05) is 6.92 Å². The van der Waals surface area contributed by atoms with Crippen molar-refractivity contribution in [3.8, 4) is 0 Å². The Morgan fingerprint density at radius 3 is 2.69 bits per heavy atom. The van der Waals surface area contributed by atoms with Crippen LogP contribution in [0.5, 0.6) is 0 Å². The number of carboxylic acid groups (broad SMARTS) is 1. The average molecular weight is 188 g/mol. The molecule has 0 aromatic heterocycles. The minimum atomic E-state index is -0.992. The summed E-state index contributed by atoms with van der Waals surface area (Å²) in [6.45, 7) is 3.08. The number of nitrogens with two attached hydrogens (primary N) is 1. The van der Waals surface area contributed by atoms with Crippen molar-refractivity contribution in [1.29, 1.82) is 0 Å². The fourth-order valence-electron chi connectivity index (χ4n) is 0.923. The van der Waals surface area contributed by atoms with Crippen LogP contribution in [0.3, 0.4) is 0 Å². The molecule has 3 N–H and O–H groups in total. The van der Waals surface area contributed by atoms with Crippen LogP contribution in [0.25, 0.3) is 0 Å². The number of hydrogen-bond donors (Lipinski definition) is 2. The summed E-state index contributed by atoms with van der Waals surface area (Å²) in [7, 11) is 0. The van der Waals surface area contributed by atoms with Gasteiger partial charge in [-0.25, -0.2) is 0 Å². The predicted octanol–water partition coefficient (Wildman–Crippen LogP) is -0.343. The second-order valence-corrected chi connectivity index (χ2v) is 2.82. The maximum atomic E-state index is 10.3. The third-order valence-corrected chi connectivity index (χ3v) is 1.83. The standard InChI is InChI=1S/C8H16N2O3/c1-2-10(6-11)5-3-4-7(9)8(12)13/h6-7H,2-5,9H2,1H3,(H,12,13). The SMILES string of the molecule is CCN(C=O)CCCC(N)C(=O)O. The fraction of sp³-hybridized carbons (Fsp3) is 0.750. The third-order valence-electron chi connectivity index (χ3n) is 1.83. The summed E-state index contributed by atoms with van der Waals surface area (Å²) in [4.78, 5) is 22.2. The summed E-state index contributed by atoms with van der Waals surface area (Å²) < 4.78 is 0. The fourth-order valence-corrected chi connectivity index (χ4v) is 0.923. The van der Waals surface area contributed by atoms with E-state index in [4.69, 9.17) is 10.8 Å². The number of carbonyl (C=O) groups excluding carboxylic acids is 1. The zero-order chi connectivity index (χ0) is 10.3. The molecule has 0 rings (SSSR count). The zero-order valence-electron chi connectivity index (χ0n) is 7.77. The Kier molecular flexibility index (Phi) is 5.88. The largest absolute Gasteiger partial charge is 0.480 e. The van der Waals surface area contributed by atoms with Crippen molar-refractivity contribution in [3.05, 3.63) is 0 Å². The lowest BCUT2D eigenvalue weighted by Crippen LogP contribution is -2.31. The van der Waals surface area contributed by atoms with E-state index in [1.54, 1.807) is 4.90 Å². The van der Waals surface area contributed by atoms with Crippen LogP contribution in [0, 0.1) is 0 Å². The van der Waals surface area contributed by atoms with Crippen molar-refractivity contribution in [3.63, 3.8) is 0 Å². The predicted molar refractivity (Wildman–Crippen MR) is 48.2 cm³/mol. The second kappa shape index (κ2) is 6.42. The highest BCUT2D eigenvalue weighted by Gasteiger charge is 2.10. The molecule has 76 valence electrons. The van der Waals surface area contributed by atoms with E-state index in [1.165, 1.54) is 0 Å². The molecule has 5 heteroatoms. The molecule has 1 atom stereocenters. The normalized spacial score (nSPS) is 12.2. The van der Waals surface area contributed by atoms with Gasteiger partial charge in [-0.05, 0) is 19.8 Å². The summed E-state index contributed by atoms with van der Waals surface area (Å²) in [6.07, 6.45) is 1.78. The smallest absolute Gasteiger partial charge is 0.320 e. The van der Waals surface area contributed by atoms with Crippen molar-refractivity contribution in [1.82, 2.24) is 4.90 Å². The number of aliphatic carboxylic acids is 1. The first-order valence-corrected chi connectivity index (χ1v) is 4.29. The number of nitrogens with zero attached hydrogens (tertiary/aromatic N) is 1. The summed E-state index contributed by atoms with van der Waals surface area (Å²) in [5.74, 6) is -0.992. The molecule has 1 unspecified atom stereocenters. The zero-order valence-corrected chi connectivity index (χ0v) is 7.77. The van der Waals surface area contributed by atoms with Gasteiger partial charge in [0.15, 0.2) is 0 Å². The molecule has 5 nitrogen and oxygen atoms in total. The molecule has 0 aliphatic carbocycles. The van der Waals surface area contributed by atoms with E-state index >= 15 is 0 Å². The molecule has 1 amide bonds. The molecule has 0 saturated carbocycles. The van der Waals surface area contributed by atoms with Crippen LogP contribution in [0.4, 0.5) is 0 Å². The quantitative estimate of drug-likeness (QED) is 0.535. The van der Waals surface area contributed by atoms with Crippen molar-refractivity contribution < 1.29 is 14.7 Å². The first-order chi connectivity index (χ1) is 6.11. The van der Waals surface area contributed by atoms with Crippen LogP contribution >= 0.6 is 0 Å². The van der Waals surface area contributed by atoms with Crippen molar-refractivity contribution in [2.45, 2.75) is 25.8 Å². The van der Waals surface area contributed by atoms with E-state index in [0.717, 1.165) is 6.41 Å². The molecule has 0 radical (unpaired) electrons. The van der Waals surface area contributed by atoms with E-state index in [2.05, 4.69) is 0 Å². The molecule has 13 heavy (non-hydrogen) atoms. The van der Waals surface area contributed by atoms with Crippen molar-refractivity contribution in [2.75, 3.05) is 13.1 Å². The van der Waals surface area contributed by atoms with Gasteiger partial charge in [-0.2, -0.15) is 0 Å². The van der Waals surface area contributed by atoms with Gasteiger partial charge >= 0.3 is 5.97 Å². The van der Waals surface area contributed by atoms with Gasteiger partial charge in [0, 0.05) is 13.1 Å². The molecule has 0 aromatic rings. The Balaban J connectivity index is 3.54. The summed E-state index contributed by atoms with van der Waals surface area (Å²) >= 11 is 0. The monoisotopic (exact) mass is 188 g/mol. The van der Waals surface area contributed by atoms with E-state index in [-0.39, 0.29) is 0 Å². The van der Waals surface area contributed by atoms with Gasteiger partial charge in [0.25, 0.3) is 0 Å². The van der Waals surface area contributed by atoms with Crippen LogP contribution in [0.2, 0.25) is 0 Å². The van der Waals surface area contributed by atoms with Gasteiger partial charge in [-0.1, -0.05) is 0 Å². The van der Waals surface area contributed by atoms with Crippen LogP contribution in [0.1, 0.15) is 19.8 Å². The minimum Gasteiger partial charge on any atom is -0.480 e. The van der Waals surface area contributed by atoms with E-state index in [0.29, 0.717) is 25.9 Å². The van der Waals surface area contributed by atoms with Gasteiger partial charge in [-0.3, -0.25) is 9.59 Å². The highest BCUT2D eigenvalue weighted by atomic mass is 16.4. The van der Waals surface area contributed by atoms with Gasteiger partial charge in [-0.15, -0.1) is 0 Å². The maximum absolute atomic E-state index is 10.3. The third kappa shape index (κ3) is 5.19. The van der Waals surface area contributed by atoms with Crippen LogP contribution < -0.4 is 5.73 Å². The van der Waals surface area contributed by atoms with Gasteiger partial charge in [0.1, 0.15) is 6.04 Å². The van der Waals surface area contributed by atoms with E-state index in [9.17, 15) is 9.59 Å². The highest BCUT2D eigenvalue weighted by Crippen LogP contribution is 1.96. The molecule has 0 bridgehead atoms.